The highest BCUT2D eigenvalue weighted by Gasteiger charge is 2.23. The van der Waals surface area contributed by atoms with Crippen molar-refractivity contribution in [2.24, 2.45) is 0 Å². The zero-order valence-corrected chi connectivity index (χ0v) is 12.9. The second-order valence-corrected chi connectivity index (χ2v) is 5.32. The van der Waals surface area contributed by atoms with E-state index in [2.05, 4.69) is 20.8 Å². The number of tetrazole rings is 1. The second kappa shape index (κ2) is 7.02. The quantitative estimate of drug-likeness (QED) is 0.780. The number of rotatable bonds is 5. The van der Waals surface area contributed by atoms with Gasteiger partial charge in [0.25, 0.3) is 0 Å². The van der Waals surface area contributed by atoms with Gasteiger partial charge in [-0.3, -0.25) is 4.79 Å². The normalized spacial score (nSPS) is 11.9. The summed E-state index contributed by atoms with van der Waals surface area (Å²) in [4.78, 5) is 12.7. The van der Waals surface area contributed by atoms with Gasteiger partial charge in [-0.1, -0.05) is 60.1 Å². The van der Waals surface area contributed by atoms with E-state index in [1.165, 1.54) is 11.0 Å². The third kappa shape index (κ3) is 3.54. The molecule has 0 bridgehead atoms. The molecule has 0 saturated carbocycles. The zero-order valence-electron chi connectivity index (χ0n) is 12.1. The number of nitrogens with one attached hydrogen (secondary N) is 1. The van der Waals surface area contributed by atoms with Gasteiger partial charge in [0, 0.05) is 11.6 Å². The van der Waals surface area contributed by atoms with Crippen LogP contribution in [0.15, 0.2) is 60.9 Å². The molecule has 0 spiro atoms. The highest BCUT2D eigenvalue weighted by Crippen LogP contribution is 2.18. The molecular formula is C16H14ClN5O. The molecule has 0 radical (unpaired) electrons. The zero-order chi connectivity index (χ0) is 16.1. The van der Waals surface area contributed by atoms with E-state index in [1.54, 1.807) is 6.07 Å². The third-order valence-electron chi connectivity index (χ3n) is 3.40. The fourth-order valence-electron chi connectivity index (χ4n) is 2.27. The maximum absolute atomic E-state index is 12.7. The molecule has 7 heteroatoms. The Kier molecular flexibility index (Phi) is 4.63. The summed E-state index contributed by atoms with van der Waals surface area (Å²) in [6.45, 7) is 0.337. The van der Waals surface area contributed by atoms with Crippen LogP contribution in [0, 0.1) is 0 Å². The molecule has 0 aliphatic carbocycles. The van der Waals surface area contributed by atoms with Crippen molar-refractivity contribution < 1.29 is 4.79 Å². The molecule has 6 nitrogen and oxygen atoms in total. The van der Waals surface area contributed by atoms with Crippen LogP contribution >= 0.6 is 11.6 Å². The van der Waals surface area contributed by atoms with Crippen LogP contribution < -0.4 is 5.32 Å². The first-order chi connectivity index (χ1) is 11.3. The van der Waals surface area contributed by atoms with Crippen molar-refractivity contribution in [2.45, 2.75) is 12.6 Å². The highest BCUT2D eigenvalue weighted by atomic mass is 35.5. The van der Waals surface area contributed by atoms with Gasteiger partial charge in [-0.05, 0) is 27.6 Å². The van der Waals surface area contributed by atoms with E-state index < -0.39 is 6.04 Å². The first-order valence-corrected chi connectivity index (χ1v) is 7.42. The largest absolute Gasteiger partial charge is 0.350 e. The summed E-state index contributed by atoms with van der Waals surface area (Å²) in [5.41, 5.74) is 1.66. The molecule has 116 valence electrons. The number of nitrogens with zero attached hydrogens (tertiary/aromatic N) is 4. The highest BCUT2D eigenvalue weighted by molar-refractivity contribution is 6.31. The number of amides is 1. The van der Waals surface area contributed by atoms with E-state index in [0.29, 0.717) is 11.6 Å². The maximum atomic E-state index is 12.7. The van der Waals surface area contributed by atoms with Crippen molar-refractivity contribution in [2.75, 3.05) is 0 Å². The summed E-state index contributed by atoms with van der Waals surface area (Å²) in [6.07, 6.45) is 1.42. The number of hydrogen-bond acceptors (Lipinski definition) is 4. The molecule has 0 saturated heterocycles. The van der Waals surface area contributed by atoms with Gasteiger partial charge in [-0.15, -0.1) is 5.10 Å². The number of carbonyl (C=O) groups is 1. The van der Waals surface area contributed by atoms with Gasteiger partial charge in [0.05, 0.1) is 0 Å². The summed E-state index contributed by atoms with van der Waals surface area (Å²) in [5.74, 6) is -0.205. The molecule has 0 aliphatic rings. The summed E-state index contributed by atoms with van der Waals surface area (Å²) in [6, 6.07) is 16.1. The Labute approximate surface area is 138 Å². The van der Waals surface area contributed by atoms with Gasteiger partial charge in [0.2, 0.25) is 5.91 Å². The SMILES string of the molecule is O=C(NCc1ccccc1Cl)C(c1ccccc1)n1cnnn1. The van der Waals surface area contributed by atoms with Crippen molar-refractivity contribution in [3.8, 4) is 0 Å². The van der Waals surface area contributed by atoms with Crippen molar-refractivity contribution in [3.63, 3.8) is 0 Å². The van der Waals surface area contributed by atoms with Gasteiger partial charge in [0.1, 0.15) is 6.33 Å². The molecule has 1 amide bonds. The van der Waals surface area contributed by atoms with Crippen LogP contribution in [0.25, 0.3) is 0 Å². The van der Waals surface area contributed by atoms with Gasteiger partial charge < -0.3 is 5.32 Å². The average Bonchev–Trinajstić information content (AvgIpc) is 3.09. The van der Waals surface area contributed by atoms with Crippen LogP contribution in [0.4, 0.5) is 0 Å². The first-order valence-electron chi connectivity index (χ1n) is 7.04. The lowest BCUT2D eigenvalue weighted by atomic mass is 10.1. The Balaban J connectivity index is 1.80. The predicted octanol–water partition coefficient (Wildman–Crippen LogP) is 2.23. The van der Waals surface area contributed by atoms with Gasteiger partial charge in [0.15, 0.2) is 6.04 Å². The molecule has 0 fully saturated rings. The van der Waals surface area contributed by atoms with Gasteiger partial charge in [-0.25, -0.2) is 4.68 Å². The van der Waals surface area contributed by atoms with Crippen LogP contribution in [0.1, 0.15) is 17.2 Å². The number of aromatic nitrogens is 4. The Bertz CT molecular complexity index is 776. The molecule has 3 aromatic rings. The third-order valence-corrected chi connectivity index (χ3v) is 3.77. The van der Waals surface area contributed by atoms with Crippen molar-refractivity contribution in [3.05, 3.63) is 77.1 Å². The second-order valence-electron chi connectivity index (χ2n) is 4.91. The minimum atomic E-state index is -0.631. The number of hydrogen-bond donors (Lipinski definition) is 1. The summed E-state index contributed by atoms with van der Waals surface area (Å²) < 4.78 is 1.43. The number of carbonyl (C=O) groups excluding carboxylic acids is 1. The minimum absolute atomic E-state index is 0.205. The molecule has 3 rings (SSSR count). The average molecular weight is 328 g/mol. The summed E-state index contributed by atoms with van der Waals surface area (Å²) >= 11 is 6.11. The van der Waals surface area contributed by atoms with Crippen LogP contribution in [-0.2, 0) is 11.3 Å². The topological polar surface area (TPSA) is 72.7 Å². The lowest BCUT2D eigenvalue weighted by Gasteiger charge is -2.17. The van der Waals surface area contributed by atoms with E-state index in [9.17, 15) is 4.79 Å². The van der Waals surface area contributed by atoms with E-state index >= 15 is 0 Å². The van der Waals surface area contributed by atoms with E-state index in [0.717, 1.165) is 11.1 Å². The predicted molar refractivity (Wildman–Crippen MR) is 85.7 cm³/mol. The fraction of sp³-hybridized carbons (Fsp3) is 0.125. The smallest absolute Gasteiger partial charge is 0.249 e. The van der Waals surface area contributed by atoms with Gasteiger partial charge >= 0.3 is 0 Å². The Morgan fingerprint density at radius 3 is 2.57 bits per heavy atom. The first kappa shape index (κ1) is 15.2. The molecular weight excluding hydrogens is 314 g/mol. The molecule has 1 N–H and O–H groups in total. The fourth-order valence-corrected chi connectivity index (χ4v) is 2.47. The van der Waals surface area contributed by atoms with E-state index in [4.69, 9.17) is 11.6 Å². The monoisotopic (exact) mass is 327 g/mol. The van der Waals surface area contributed by atoms with Gasteiger partial charge in [-0.2, -0.15) is 0 Å². The van der Waals surface area contributed by atoms with Crippen LogP contribution in [-0.4, -0.2) is 26.1 Å². The standard InChI is InChI=1S/C16H14ClN5O/c17-14-9-5-4-8-13(14)10-18-16(23)15(22-11-19-20-21-22)12-6-2-1-3-7-12/h1-9,11,15H,10H2,(H,18,23). The number of halogens is 1. The van der Waals surface area contributed by atoms with Crippen molar-refractivity contribution in [1.82, 2.24) is 25.5 Å². The Hall–Kier alpha value is -2.73. The summed E-state index contributed by atoms with van der Waals surface area (Å²) in [5, 5.41) is 14.6. The molecule has 23 heavy (non-hydrogen) atoms. The molecule has 1 atom stereocenters. The lowest BCUT2D eigenvalue weighted by Crippen LogP contribution is -2.33. The van der Waals surface area contributed by atoms with Crippen molar-refractivity contribution >= 4 is 17.5 Å². The van der Waals surface area contributed by atoms with Crippen LogP contribution in [0.5, 0.6) is 0 Å². The molecule has 1 aromatic heterocycles. The molecule has 0 aliphatic heterocycles. The number of benzene rings is 2. The Morgan fingerprint density at radius 1 is 1.13 bits per heavy atom. The maximum Gasteiger partial charge on any atom is 0.249 e. The minimum Gasteiger partial charge on any atom is -0.350 e. The van der Waals surface area contributed by atoms with E-state index in [-0.39, 0.29) is 5.91 Å². The van der Waals surface area contributed by atoms with Crippen molar-refractivity contribution in [1.29, 1.82) is 0 Å². The summed E-state index contributed by atoms with van der Waals surface area (Å²) in [7, 11) is 0. The van der Waals surface area contributed by atoms with Crippen LogP contribution in [0.3, 0.4) is 0 Å². The molecule has 1 heterocycles. The van der Waals surface area contributed by atoms with Crippen LogP contribution in [0.2, 0.25) is 5.02 Å². The lowest BCUT2D eigenvalue weighted by molar-refractivity contribution is -0.123. The van der Waals surface area contributed by atoms with E-state index in [1.807, 2.05) is 48.5 Å². The molecule has 2 aromatic carbocycles. The Morgan fingerprint density at radius 2 is 1.87 bits per heavy atom. The molecule has 1 unspecified atom stereocenters.